The van der Waals surface area contributed by atoms with E-state index in [1.165, 1.54) is 12.1 Å². The summed E-state index contributed by atoms with van der Waals surface area (Å²) in [4.78, 5) is 11.1. The Morgan fingerprint density at radius 1 is 1.44 bits per heavy atom. The summed E-state index contributed by atoms with van der Waals surface area (Å²) in [6, 6.07) is 8.12. The van der Waals surface area contributed by atoms with Gasteiger partial charge in [-0.05, 0) is 24.6 Å². The number of carbonyl (C=O) groups excluding carboxylic acids is 1. The van der Waals surface area contributed by atoms with Gasteiger partial charge in [-0.1, -0.05) is 31.7 Å². The molecule has 0 aliphatic heterocycles. The molecule has 0 aliphatic carbocycles. The lowest BCUT2D eigenvalue weighted by atomic mass is 10.3. The van der Waals surface area contributed by atoms with Gasteiger partial charge in [-0.2, -0.15) is 8.42 Å². The first-order valence-electron chi connectivity index (χ1n) is 5.41. The molecule has 0 aliphatic rings. The minimum atomic E-state index is -3.91. The second-order valence-corrected chi connectivity index (χ2v) is 5.22. The van der Waals surface area contributed by atoms with Crippen LogP contribution in [0.2, 0.25) is 0 Å². The Kier molecular flexibility index (Phi) is 4.91. The molecule has 0 heterocycles. The molecule has 1 atom stereocenters. The molecule has 1 aromatic rings. The van der Waals surface area contributed by atoms with Crippen LogP contribution >= 0.6 is 0 Å². The first kappa shape index (κ1) is 14.2. The van der Waals surface area contributed by atoms with Crippen LogP contribution in [0.4, 0.5) is 0 Å². The summed E-state index contributed by atoms with van der Waals surface area (Å²) < 4.78 is 28.7. The molecule has 1 amide bonds. The fourth-order valence-corrected chi connectivity index (χ4v) is 2.43. The minimum Gasteiger partial charge on any atom is -0.381 e. The van der Waals surface area contributed by atoms with E-state index in [1.807, 2.05) is 0 Å². The highest BCUT2D eigenvalue weighted by Crippen LogP contribution is 2.15. The first-order valence-corrected chi connectivity index (χ1v) is 6.88. The van der Waals surface area contributed by atoms with E-state index in [2.05, 4.69) is 11.9 Å². The Labute approximate surface area is 107 Å². The third kappa shape index (κ3) is 3.89. The normalized spacial score (nSPS) is 12.5. The Bertz CT molecular complexity index is 510. The maximum Gasteiger partial charge on any atom is 0.330 e. The summed E-state index contributed by atoms with van der Waals surface area (Å²) in [6.07, 6.45) is 1.22. The van der Waals surface area contributed by atoms with Crippen molar-refractivity contribution in [1.82, 2.24) is 5.32 Å². The lowest BCUT2D eigenvalue weighted by Gasteiger charge is -2.16. The summed E-state index contributed by atoms with van der Waals surface area (Å²) in [5, 5.41) is 1.21. The molecule has 1 N–H and O–H groups in total. The van der Waals surface area contributed by atoms with Crippen molar-refractivity contribution in [2.24, 2.45) is 0 Å². The molecule has 0 saturated carbocycles. The SMILES string of the molecule is C=CC(=O)NC(CC)S(=O)(=O)Oc1ccccc1. The van der Waals surface area contributed by atoms with Gasteiger partial charge in [0.2, 0.25) is 5.91 Å². The number of benzene rings is 1. The maximum atomic E-state index is 11.9. The van der Waals surface area contributed by atoms with Crippen LogP contribution in [-0.2, 0) is 14.9 Å². The molecule has 0 spiro atoms. The number of hydrogen-bond acceptors (Lipinski definition) is 4. The number of hydrogen-bond donors (Lipinski definition) is 1. The predicted octanol–water partition coefficient (Wildman–Crippen LogP) is 1.43. The van der Waals surface area contributed by atoms with Crippen molar-refractivity contribution in [2.75, 3.05) is 0 Å². The van der Waals surface area contributed by atoms with Gasteiger partial charge >= 0.3 is 10.1 Å². The molecule has 1 rings (SSSR count). The van der Waals surface area contributed by atoms with Crippen molar-refractivity contribution in [1.29, 1.82) is 0 Å². The fourth-order valence-electron chi connectivity index (χ4n) is 1.26. The number of nitrogens with one attached hydrogen (secondary N) is 1. The fraction of sp³-hybridized carbons (Fsp3) is 0.250. The zero-order chi connectivity index (χ0) is 13.6. The van der Waals surface area contributed by atoms with E-state index in [0.29, 0.717) is 0 Å². The van der Waals surface area contributed by atoms with Crippen LogP contribution in [0.5, 0.6) is 5.75 Å². The smallest absolute Gasteiger partial charge is 0.330 e. The van der Waals surface area contributed by atoms with Crippen LogP contribution in [0.3, 0.4) is 0 Å². The molecule has 0 fully saturated rings. The Morgan fingerprint density at radius 2 is 2.06 bits per heavy atom. The minimum absolute atomic E-state index is 0.203. The zero-order valence-corrected chi connectivity index (χ0v) is 10.8. The molecule has 0 aromatic heterocycles. The monoisotopic (exact) mass is 269 g/mol. The van der Waals surface area contributed by atoms with E-state index in [9.17, 15) is 13.2 Å². The maximum absolute atomic E-state index is 11.9. The van der Waals surface area contributed by atoms with Crippen molar-refractivity contribution in [3.63, 3.8) is 0 Å². The van der Waals surface area contributed by atoms with Crippen LogP contribution in [-0.4, -0.2) is 19.7 Å². The molecule has 0 saturated heterocycles. The van der Waals surface area contributed by atoms with Gasteiger partial charge in [0.1, 0.15) is 5.75 Å². The molecule has 6 heteroatoms. The van der Waals surface area contributed by atoms with Gasteiger partial charge in [0.25, 0.3) is 0 Å². The van der Waals surface area contributed by atoms with E-state index >= 15 is 0 Å². The van der Waals surface area contributed by atoms with Crippen LogP contribution in [0.25, 0.3) is 0 Å². The summed E-state index contributed by atoms with van der Waals surface area (Å²) in [6.45, 7) is 4.91. The van der Waals surface area contributed by atoms with Crippen LogP contribution < -0.4 is 9.50 Å². The van der Waals surface area contributed by atoms with Gasteiger partial charge in [0, 0.05) is 0 Å². The highest BCUT2D eigenvalue weighted by molar-refractivity contribution is 7.87. The molecule has 5 nitrogen and oxygen atoms in total. The highest BCUT2D eigenvalue weighted by atomic mass is 32.2. The van der Waals surface area contributed by atoms with Gasteiger partial charge in [-0.15, -0.1) is 0 Å². The number of rotatable bonds is 6. The summed E-state index contributed by atoms with van der Waals surface area (Å²) in [5.41, 5.74) is 0. The van der Waals surface area contributed by atoms with E-state index < -0.39 is 21.4 Å². The van der Waals surface area contributed by atoms with E-state index in [4.69, 9.17) is 4.18 Å². The second-order valence-electron chi connectivity index (χ2n) is 3.50. The molecule has 98 valence electrons. The van der Waals surface area contributed by atoms with Crippen molar-refractivity contribution >= 4 is 16.0 Å². The Hall–Kier alpha value is -1.82. The van der Waals surface area contributed by atoms with Gasteiger partial charge in [-0.3, -0.25) is 4.79 Å². The lowest BCUT2D eigenvalue weighted by Crippen LogP contribution is -2.41. The highest BCUT2D eigenvalue weighted by Gasteiger charge is 2.26. The van der Waals surface area contributed by atoms with Crippen molar-refractivity contribution in [3.05, 3.63) is 43.0 Å². The summed E-state index contributed by atoms with van der Waals surface area (Å²) in [5.74, 6) is -0.342. The molecule has 18 heavy (non-hydrogen) atoms. The van der Waals surface area contributed by atoms with Crippen LogP contribution in [0.15, 0.2) is 43.0 Å². The average molecular weight is 269 g/mol. The zero-order valence-electron chi connectivity index (χ0n) is 10.00. The Balaban J connectivity index is 2.84. The quantitative estimate of drug-likeness (QED) is 0.626. The Morgan fingerprint density at radius 3 is 2.56 bits per heavy atom. The summed E-state index contributed by atoms with van der Waals surface area (Å²) in [7, 11) is -3.91. The molecule has 0 bridgehead atoms. The molecular weight excluding hydrogens is 254 g/mol. The topological polar surface area (TPSA) is 72.5 Å². The van der Waals surface area contributed by atoms with E-state index in [1.54, 1.807) is 25.1 Å². The van der Waals surface area contributed by atoms with Gasteiger partial charge in [0.05, 0.1) is 0 Å². The van der Waals surface area contributed by atoms with Gasteiger partial charge < -0.3 is 9.50 Å². The summed E-state index contributed by atoms with van der Waals surface area (Å²) >= 11 is 0. The molecular formula is C12H15NO4S. The number of para-hydroxylation sites is 1. The van der Waals surface area contributed by atoms with E-state index in [0.717, 1.165) is 6.08 Å². The first-order chi connectivity index (χ1) is 8.49. The molecule has 1 unspecified atom stereocenters. The molecule has 0 radical (unpaired) electrons. The van der Waals surface area contributed by atoms with Gasteiger partial charge in [0.15, 0.2) is 5.37 Å². The predicted molar refractivity (Wildman–Crippen MR) is 68.4 cm³/mol. The molecule has 1 aromatic carbocycles. The largest absolute Gasteiger partial charge is 0.381 e. The second kappa shape index (κ2) is 6.20. The van der Waals surface area contributed by atoms with Crippen molar-refractivity contribution in [2.45, 2.75) is 18.7 Å². The lowest BCUT2D eigenvalue weighted by molar-refractivity contribution is -0.116. The van der Waals surface area contributed by atoms with Crippen molar-refractivity contribution in [3.8, 4) is 5.75 Å². The van der Waals surface area contributed by atoms with E-state index in [-0.39, 0.29) is 12.2 Å². The third-order valence-corrected chi connectivity index (χ3v) is 3.74. The number of carbonyl (C=O) groups is 1. The van der Waals surface area contributed by atoms with Crippen LogP contribution in [0, 0.1) is 0 Å². The number of amides is 1. The standard InChI is InChI=1S/C12H15NO4S/c1-3-11(14)13-12(4-2)18(15,16)17-10-8-6-5-7-9-10/h3,5-9,12H,1,4H2,2H3,(H,13,14). The van der Waals surface area contributed by atoms with Crippen LogP contribution in [0.1, 0.15) is 13.3 Å². The van der Waals surface area contributed by atoms with Crippen molar-refractivity contribution < 1.29 is 17.4 Å². The third-order valence-electron chi connectivity index (χ3n) is 2.16. The average Bonchev–Trinajstić information content (AvgIpc) is 2.36. The van der Waals surface area contributed by atoms with Gasteiger partial charge in [-0.25, -0.2) is 0 Å².